The summed E-state index contributed by atoms with van der Waals surface area (Å²) in [6.45, 7) is 7.76. The Labute approximate surface area is 85.2 Å². The van der Waals surface area contributed by atoms with E-state index in [1.807, 2.05) is 0 Å². The lowest BCUT2D eigenvalue weighted by atomic mass is 10.1. The van der Waals surface area contributed by atoms with Crippen LogP contribution in [0.15, 0.2) is 12.4 Å². The number of likely N-dealkylation sites (tertiary alicyclic amines) is 1. The molecule has 14 heavy (non-hydrogen) atoms. The van der Waals surface area contributed by atoms with Crippen LogP contribution >= 0.6 is 0 Å². The number of rotatable bonds is 3. The van der Waals surface area contributed by atoms with Gasteiger partial charge >= 0.3 is 0 Å². The smallest absolute Gasteiger partial charge is 0.115 e. The van der Waals surface area contributed by atoms with Gasteiger partial charge in [0.1, 0.15) is 6.33 Å². The SMILES string of the molecule is CC(C)c1cc(CN2CCC2)ncn1. The Hall–Kier alpha value is -0.960. The first kappa shape index (κ1) is 9.59. The van der Waals surface area contributed by atoms with E-state index in [1.54, 1.807) is 6.33 Å². The van der Waals surface area contributed by atoms with Gasteiger partial charge in [0.15, 0.2) is 0 Å². The molecule has 1 saturated heterocycles. The minimum atomic E-state index is 0.494. The summed E-state index contributed by atoms with van der Waals surface area (Å²) in [7, 11) is 0. The average molecular weight is 191 g/mol. The van der Waals surface area contributed by atoms with E-state index in [-0.39, 0.29) is 0 Å². The van der Waals surface area contributed by atoms with Crippen molar-refractivity contribution < 1.29 is 0 Å². The molecule has 76 valence electrons. The topological polar surface area (TPSA) is 29.0 Å². The molecule has 2 heterocycles. The highest BCUT2D eigenvalue weighted by Crippen LogP contribution is 2.14. The van der Waals surface area contributed by atoms with Crippen molar-refractivity contribution >= 4 is 0 Å². The van der Waals surface area contributed by atoms with Crippen LogP contribution in [0.5, 0.6) is 0 Å². The average Bonchev–Trinajstić information content (AvgIpc) is 2.12. The molecule has 0 atom stereocenters. The highest BCUT2D eigenvalue weighted by atomic mass is 15.2. The monoisotopic (exact) mass is 191 g/mol. The van der Waals surface area contributed by atoms with Crippen LogP contribution < -0.4 is 0 Å². The summed E-state index contributed by atoms with van der Waals surface area (Å²) in [5.74, 6) is 0.494. The Morgan fingerprint density at radius 3 is 2.71 bits per heavy atom. The second-order valence-corrected chi connectivity index (χ2v) is 4.22. The molecule has 0 aromatic carbocycles. The second-order valence-electron chi connectivity index (χ2n) is 4.22. The van der Waals surface area contributed by atoms with Crippen molar-refractivity contribution in [3.8, 4) is 0 Å². The molecule has 0 saturated carbocycles. The van der Waals surface area contributed by atoms with Crippen molar-refractivity contribution in [2.24, 2.45) is 0 Å². The van der Waals surface area contributed by atoms with Gasteiger partial charge < -0.3 is 0 Å². The maximum atomic E-state index is 4.29. The van der Waals surface area contributed by atoms with E-state index in [9.17, 15) is 0 Å². The molecule has 3 nitrogen and oxygen atoms in total. The predicted molar refractivity (Wildman–Crippen MR) is 56.0 cm³/mol. The fourth-order valence-corrected chi connectivity index (χ4v) is 1.59. The number of hydrogen-bond acceptors (Lipinski definition) is 3. The van der Waals surface area contributed by atoms with E-state index in [0.29, 0.717) is 5.92 Å². The maximum Gasteiger partial charge on any atom is 0.115 e. The summed E-state index contributed by atoms with van der Waals surface area (Å²) >= 11 is 0. The Balaban J connectivity index is 2.05. The first-order chi connectivity index (χ1) is 6.75. The van der Waals surface area contributed by atoms with Crippen LogP contribution in [0.25, 0.3) is 0 Å². The third-order valence-electron chi connectivity index (χ3n) is 2.67. The van der Waals surface area contributed by atoms with Gasteiger partial charge in [-0.05, 0) is 31.5 Å². The lowest BCUT2D eigenvalue weighted by molar-refractivity contribution is 0.170. The summed E-state index contributed by atoms with van der Waals surface area (Å²) in [5.41, 5.74) is 2.30. The van der Waals surface area contributed by atoms with Gasteiger partial charge in [0.25, 0.3) is 0 Å². The molecular weight excluding hydrogens is 174 g/mol. The molecule has 2 rings (SSSR count). The van der Waals surface area contributed by atoms with Gasteiger partial charge in [0.05, 0.1) is 5.69 Å². The van der Waals surface area contributed by atoms with E-state index in [4.69, 9.17) is 0 Å². The molecular formula is C11H17N3. The molecule has 1 aromatic heterocycles. The molecule has 3 heteroatoms. The zero-order chi connectivity index (χ0) is 9.97. The van der Waals surface area contributed by atoms with Gasteiger partial charge in [-0.15, -0.1) is 0 Å². The van der Waals surface area contributed by atoms with Crippen molar-refractivity contribution in [1.29, 1.82) is 0 Å². The van der Waals surface area contributed by atoms with Crippen LogP contribution in [-0.2, 0) is 6.54 Å². The van der Waals surface area contributed by atoms with Crippen molar-refractivity contribution in [3.05, 3.63) is 23.8 Å². The first-order valence-electron chi connectivity index (χ1n) is 5.29. The fraction of sp³-hybridized carbons (Fsp3) is 0.636. The lowest BCUT2D eigenvalue weighted by Crippen LogP contribution is -2.36. The summed E-state index contributed by atoms with van der Waals surface area (Å²) in [6, 6.07) is 2.13. The van der Waals surface area contributed by atoms with Crippen molar-refractivity contribution in [1.82, 2.24) is 14.9 Å². The van der Waals surface area contributed by atoms with E-state index >= 15 is 0 Å². The second kappa shape index (κ2) is 4.05. The summed E-state index contributed by atoms with van der Waals surface area (Å²) in [5, 5.41) is 0. The third-order valence-corrected chi connectivity index (χ3v) is 2.67. The summed E-state index contributed by atoms with van der Waals surface area (Å²) in [6.07, 6.45) is 3.02. The minimum Gasteiger partial charge on any atom is -0.297 e. The van der Waals surface area contributed by atoms with E-state index in [0.717, 1.165) is 17.9 Å². The highest BCUT2D eigenvalue weighted by Gasteiger charge is 2.14. The van der Waals surface area contributed by atoms with Crippen LogP contribution in [0.2, 0.25) is 0 Å². The zero-order valence-corrected chi connectivity index (χ0v) is 8.90. The molecule has 0 amide bonds. The van der Waals surface area contributed by atoms with E-state index in [1.165, 1.54) is 19.5 Å². The number of hydrogen-bond donors (Lipinski definition) is 0. The van der Waals surface area contributed by atoms with E-state index < -0.39 is 0 Å². The molecule has 0 spiro atoms. The fourth-order valence-electron chi connectivity index (χ4n) is 1.59. The minimum absolute atomic E-state index is 0.494. The Kier molecular flexibility index (Phi) is 2.77. The summed E-state index contributed by atoms with van der Waals surface area (Å²) < 4.78 is 0. The van der Waals surface area contributed by atoms with Gasteiger partial charge in [-0.3, -0.25) is 4.90 Å². The van der Waals surface area contributed by atoms with Gasteiger partial charge in [-0.2, -0.15) is 0 Å². The maximum absolute atomic E-state index is 4.29. The number of aromatic nitrogens is 2. The molecule has 1 aromatic rings. The summed E-state index contributed by atoms with van der Waals surface area (Å²) in [4.78, 5) is 11.0. The van der Waals surface area contributed by atoms with Crippen LogP contribution in [-0.4, -0.2) is 28.0 Å². The van der Waals surface area contributed by atoms with Crippen LogP contribution in [0, 0.1) is 0 Å². The molecule has 1 aliphatic heterocycles. The third kappa shape index (κ3) is 2.10. The van der Waals surface area contributed by atoms with Gasteiger partial charge in [-0.1, -0.05) is 13.8 Å². The largest absolute Gasteiger partial charge is 0.297 e. The molecule has 0 bridgehead atoms. The molecule has 1 fully saturated rings. The number of nitrogens with zero attached hydrogens (tertiary/aromatic N) is 3. The molecule has 0 N–H and O–H groups in total. The zero-order valence-electron chi connectivity index (χ0n) is 8.90. The lowest BCUT2D eigenvalue weighted by Gasteiger charge is -2.30. The normalized spacial score (nSPS) is 17.1. The van der Waals surface area contributed by atoms with E-state index in [2.05, 4.69) is 34.8 Å². The first-order valence-corrected chi connectivity index (χ1v) is 5.29. The Morgan fingerprint density at radius 2 is 2.14 bits per heavy atom. The Bertz CT molecular complexity index is 305. The van der Waals surface area contributed by atoms with Crippen LogP contribution in [0.4, 0.5) is 0 Å². The van der Waals surface area contributed by atoms with Crippen molar-refractivity contribution in [2.45, 2.75) is 32.7 Å². The van der Waals surface area contributed by atoms with Gasteiger partial charge in [0, 0.05) is 12.2 Å². The van der Waals surface area contributed by atoms with Crippen LogP contribution in [0.1, 0.15) is 37.6 Å². The van der Waals surface area contributed by atoms with Gasteiger partial charge in [0.2, 0.25) is 0 Å². The standard InChI is InChI=1S/C11H17N3/c1-9(2)11-6-10(12-8-13-11)7-14-4-3-5-14/h6,8-9H,3-5,7H2,1-2H3. The van der Waals surface area contributed by atoms with Gasteiger partial charge in [-0.25, -0.2) is 9.97 Å². The molecule has 0 unspecified atom stereocenters. The Morgan fingerprint density at radius 1 is 1.36 bits per heavy atom. The molecule has 0 radical (unpaired) electrons. The van der Waals surface area contributed by atoms with Crippen LogP contribution in [0.3, 0.4) is 0 Å². The quantitative estimate of drug-likeness (QED) is 0.729. The van der Waals surface area contributed by atoms with Crippen molar-refractivity contribution in [3.63, 3.8) is 0 Å². The highest BCUT2D eigenvalue weighted by molar-refractivity contribution is 5.11. The molecule has 0 aliphatic carbocycles. The predicted octanol–water partition coefficient (Wildman–Crippen LogP) is 1.81. The van der Waals surface area contributed by atoms with Crippen molar-refractivity contribution in [2.75, 3.05) is 13.1 Å². The molecule has 1 aliphatic rings.